The molecule has 0 atom stereocenters. The molecule has 0 amide bonds. The van der Waals surface area contributed by atoms with Crippen LogP contribution in [0.2, 0.25) is 0 Å². The molecule has 0 bridgehead atoms. The van der Waals surface area contributed by atoms with E-state index in [0.717, 1.165) is 5.57 Å². The fraction of sp³-hybridized carbons (Fsp3) is 0.444. The van der Waals surface area contributed by atoms with Crippen molar-refractivity contribution in [1.82, 2.24) is 20.1 Å². The molecule has 0 aromatic carbocycles. The molecule has 0 saturated carbocycles. The smallest absolute Gasteiger partial charge is 0.328 e. The van der Waals surface area contributed by atoms with E-state index in [-0.39, 0.29) is 0 Å². The lowest BCUT2D eigenvalue weighted by Gasteiger charge is -2.00. The van der Waals surface area contributed by atoms with Crippen molar-refractivity contribution in [1.29, 1.82) is 0 Å². The number of aliphatic carboxylic acids is 1. The fourth-order valence-corrected chi connectivity index (χ4v) is 1.10. The van der Waals surface area contributed by atoms with Crippen LogP contribution in [0.15, 0.2) is 18.0 Å². The van der Waals surface area contributed by atoms with Crippen LogP contribution in [-0.2, 0) is 18.4 Å². The van der Waals surface area contributed by atoms with E-state index in [4.69, 9.17) is 5.11 Å². The van der Waals surface area contributed by atoms with Crippen LogP contribution >= 0.6 is 0 Å². The lowest BCUT2D eigenvalue weighted by molar-refractivity contribution is -0.131. The quantitative estimate of drug-likeness (QED) is 0.665. The number of carboxylic acid groups (broad SMARTS) is 1. The van der Waals surface area contributed by atoms with Gasteiger partial charge in [0.2, 0.25) is 0 Å². The molecule has 15 heavy (non-hydrogen) atoms. The van der Waals surface area contributed by atoms with Crippen molar-refractivity contribution < 1.29 is 9.90 Å². The highest BCUT2D eigenvalue weighted by Crippen LogP contribution is 1.91. The highest BCUT2D eigenvalue weighted by Gasteiger charge is 1.98. The van der Waals surface area contributed by atoms with E-state index in [1.807, 2.05) is 0 Å². The third kappa shape index (κ3) is 4.37. The van der Waals surface area contributed by atoms with Crippen LogP contribution in [0, 0.1) is 0 Å². The van der Waals surface area contributed by atoms with Gasteiger partial charge in [-0.25, -0.2) is 9.78 Å². The van der Waals surface area contributed by atoms with Crippen molar-refractivity contribution >= 4 is 5.97 Å². The molecule has 0 radical (unpaired) electrons. The normalized spacial score (nSPS) is 11.7. The molecule has 0 unspecified atom stereocenters. The molecule has 0 fully saturated rings. The summed E-state index contributed by atoms with van der Waals surface area (Å²) in [7, 11) is 1.80. The van der Waals surface area contributed by atoms with Crippen molar-refractivity contribution in [3.8, 4) is 0 Å². The van der Waals surface area contributed by atoms with E-state index in [1.54, 1.807) is 25.0 Å². The van der Waals surface area contributed by atoms with Gasteiger partial charge in [0, 0.05) is 19.7 Å². The molecule has 1 aromatic rings. The lowest BCUT2D eigenvalue weighted by Crippen LogP contribution is -2.17. The Labute approximate surface area is 87.6 Å². The van der Waals surface area contributed by atoms with Gasteiger partial charge in [-0.05, 0) is 6.92 Å². The number of hydrogen-bond acceptors (Lipinski definition) is 4. The Balaban J connectivity index is 2.30. The zero-order valence-electron chi connectivity index (χ0n) is 8.77. The Morgan fingerprint density at radius 3 is 3.00 bits per heavy atom. The van der Waals surface area contributed by atoms with Gasteiger partial charge in [-0.2, -0.15) is 5.10 Å². The van der Waals surface area contributed by atoms with Gasteiger partial charge in [0.25, 0.3) is 0 Å². The molecule has 0 aliphatic heterocycles. The van der Waals surface area contributed by atoms with Crippen LogP contribution in [-0.4, -0.2) is 32.4 Å². The number of carboxylic acids is 1. The SMILES string of the molecule is CC(=CC(=O)O)CNCc1ncn(C)n1. The summed E-state index contributed by atoms with van der Waals surface area (Å²) in [5.74, 6) is -0.231. The maximum absolute atomic E-state index is 10.3. The minimum atomic E-state index is -0.926. The summed E-state index contributed by atoms with van der Waals surface area (Å²) in [6, 6.07) is 0. The Bertz CT molecular complexity index is 370. The summed E-state index contributed by atoms with van der Waals surface area (Å²) >= 11 is 0. The Kier molecular flexibility index (Phi) is 3.99. The number of nitrogens with one attached hydrogen (secondary N) is 1. The molecule has 1 aromatic heterocycles. The summed E-state index contributed by atoms with van der Waals surface area (Å²) < 4.78 is 1.62. The number of aromatic nitrogens is 3. The molecule has 6 heteroatoms. The van der Waals surface area contributed by atoms with E-state index in [2.05, 4.69) is 15.4 Å². The number of carbonyl (C=O) groups is 1. The summed E-state index contributed by atoms with van der Waals surface area (Å²) in [4.78, 5) is 14.3. The number of aryl methyl sites for hydroxylation is 1. The molecular formula is C9H14N4O2. The molecule has 1 rings (SSSR count). The van der Waals surface area contributed by atoms with Gasteiger partial charge in [-0.15, -0.1) is 0 Å². The molecule has 2 N–H and O–H groups in total. The van der Waals surface area contributed by atoms with E-state index in [0.29, 0.717) is 18.9 Å². The van der Waals surface area contributed by atoms with E-state index in [9.17, 15) is 4.79 Å². The van der Waals surface area contributed by atoms with Crippen molar-refractivity contribution in [2.45, 2.75) is 13.5 Å². The first-order valence-corrected chi connectivity index (χ1v) is 4.53. The third-order valence-corrected chi connectivity index (χ3v) is 1.70. The van der Waals surface area contributed by atoms with Gasteiger partial charge in [-0.1, -0.05) is 5.57 Å². The maximum Gasteiger partial charge on any atom is 0.328 e. The van der Waals surface area contributed by atoms with E-state index < -0.39 is 5.97 Å². The lowest BCUT2D eigenvalue weighted by atomic mass is 10.3. The Hall–Kier alpha value is -1.69. The maximum atomic E-state index is 10.3. The van der Waals surface area contributed by atoms with Crippen molar-refractivity contribution in [3.63, 3.8) is 0 Å². The largest absolute Gasteiger partial charge is 0.478 e. The van der Waals surface area contributed by atoms with Gasteiger partial charge < -0.3 is 10.4 Å². The second-order valence-corrected chi connectivity index (χ2v) is 3.27. The van der Waals surface area contributed by atoms with Crippen molar-refractivity contribution in [2.75, 3.05) is 6.54 Å². The second kappa shape index (κ2) is 5.26. The van der Waals surface area contributed by atoms with Gasteiger partial charge >= 0.3 is 5.97 Å². The second-order valence-electron chi connectivity index (χ2n) is 3.27. The van der Waals surface area contributed by atoms with Gasteiger partial charge in [0.1, 0.15) is 6.33 Å². The van der Waals surface area contributed by atoms with Gasteiger partial charge in [0.15, 0.2) is 5.82 Å². The zero-order valence-corrected chi connectivity index (χ0v) is 8.77. The first-order chi connectivity index (χ1) is 7.08. The number of hydrogen-bond donors (Lipinski definition) is 2. The van der Waals surface area contributed by atoms with E-state index in [1.165, 1.54) is 6.08 Å². The summed E-state index contributed by atoms with van der Waals surface area (Å²) in [6.45, 7) is 2.81. The van der Waals surface area contributed by atoms with Gasteiger partial charge in [0.05, 0.1) is 6.54 Å². The minimum Gasteiger partial charge on any atom is -0.478 e. The summed E-state index contributed by atoms with van der Waals surface area (Å²) in [5, 5.41) is 15.6. The van der Waals surface area contributed by atoms with Crippen LogP contribution in [0.3, 0.4) is 0 Å². The molecule has 1 heterocycles. The molecule has 6 nitrogen and oxygen atoms in total. The average Bonchev–Trinajstić information content (AvgIpc) is 2.50. The van der Waals surface area contributed by atoms with Crippen LogP contribution in [0.25, 0.3) is 0 Å². The first-order valence-electron chi connectivity index (χ1n) is 4.53. The standard InChI is InChI=1S/C9H14N4O2/c1-7(3-9(14)15)4-10-5-8-11-6-13(2)12-8/h3,6,10H,4-5H2,1-2H3,(H,14,15). The van der Waals surface area contributed by atoms with Crippen molar-refractivity contribution in [3.05, 3.63) is 23.8 Å². The predicted molar refractivity (Wildman–Crippen MR) is 54.1 cm³/mol. The summed E-state index contributed by atoms with van der Waals surface area (Å²) in [5.41, 5.74) is 0.762. The Morgan fingerprint density at radius 1 is 1.73 bits per heavy atom. The highest BCUT2D eigenvalue weighted by atomic mass is 16.4. The first kappa shape index (κ1) is 11.4. The molecule has 0 aliphatic rings. The Morgan fingerprint density at radius 2 is 2.47 bits per heavy atom. The van der Waals surface area contributed by atoms with Crippen LogP contribution < -0.4 is 5.32 Å². The molecule has 0 aliphatic carbocycles. The summed E-state index contributed by atoms with van der Waals surface area (Å²) in [6.07, 6.45) is 2.80. The zero-order chi connectivity index (χ0) is 11.3. The van der Waals surface area contributed by atoms with Crippen molar-refractivity contribution in [2.24, 2.45) is 7.05 Å². The number of rotatable bonds is 5. The number of nitrogens with zero attached hydrogens (tertiary/aromatic N) is 3. The van der Waals surface area contributed by atoms with E-state index >= 15 is 0 Å². The van der Waals surface area contributed by atoms with Crippen LogP contribution in [0.1, 0.15) is 12.7 Å². The molecule has 0 saturated heterocycles. The monoisotopic (exact) mass is 210 g/mol. The van der Waals surface area contributed by atoms with Gasteiger partial charge in [-0.3, -0.25) is 4.68 Å². The fourth-order valence-electron chi connectivity index (χ4n) is 1.10. The van der Waals surface area contributed by atoms with Crippen LogP contribution in [0.4, 0.5) is 0 Å². The molecule has 82 valence electrons. The van der Waals surface area contributed by atoms with Crippen LogP contribution in [0.5, 0.6) is 0 Å². The average molecular weight is 210 g/mol. The highest BCUT2D eigenvalue weighted by molar-refractivity contribution is 5.80. The molecule has 0 spiro atoms. The molecular weight excluding hydrogens is 196 g/mol. The topological polar surface area (TPSA) is 80.0 Å². The predicted octanol–water partition coefficient (Wildman–Crippen LogP) is -0.0644. The third-order valence-electron chi connectivity index (χ3n) is 1.70. The minimum absolute atomic E-state index is 0.518.